The minimum absolute atomic E-state index is 0.0613. The number of piperazine rings is 1. The third-order valence-corrected chi connectivity index (χ3v) is 3.33. The van der Waals surface area contributed by atoms with Gasteiger partial charge in [-0.15, -0.1) is 12.3 Å². The van der Waals surface area contributed by atoms with E-state index in [0.29, 0.717) is 12.0 Å². The Morgan fingerprint density at radius 3 is 2.65 bits per heavy atom. The summed E-state index contributed by atoms with van der Waals surface area (Å²) in [4.78, 5) is 2.06. The van der Waals surface area contributed by atoms with E-state index in [1.54, 1.807) is 0 Å². The van der Waals surface area contributed by atoms with E-state index >= 15 is 0 Å². The molecule has 0 aliphatic carbocycles. The van der Waals surface area contributed by atoms with Crippen molar-refractivity contribution in [2.24, 2.45) is 0 Å². The molecule has 0 radical (unpaired) electrons. The van der Waals surface area contributed by atoms with Crippen LogP contribution in [0.15, 0.2) is 18.2 Å². The quantitative estimate of drug-likeness (QED) is 0.660. The summed E-state index contributed by atoms with van der Waals surface area (Å²) in [5, 5.41) is 3.22. The number of rotatable bonds is 4. The van der Waals surface area contributed by atoms with Crippen molar-refractivity contribution in [1.29, 1.82) is 0 Å². The zero-order valence-electron chi connectivity index (χ0n) is 10.8. The maximum Gasteiger partial charge on any atom is 0.488 e. The van der Waals surface area contributed by atoms with E-state index in [1.807, 2.05) is 6.07 Å². The molecule has 0 spiro atoms. The Balaban J connectivity index is 2.32. The van der Waals surface area contributed by atoms with Gasteiger partial charge in [-0.05, 0) is 17.7 Å². The highest BCUT2D eigenvalue weighted by atomic mass is 32.3. The Hall–Kier alpha value is -1.78. The van der Waals surface area contributed by atoms with Crippen LogP contribution < -0.4 is 14.4 Å². The molecule has 1 fully saturated rings. The van der Waals surface area contributed by atoms with Crippen molar-refractivity contribution in [3.63, 3.8) is 0 Å². The van der Waals surface area contributed by atoms with Gasteiger partial charge in [-0.2, -0.15) is 8.42 Å². The molecule has 1 heterocycles. The molecule has 1 aliphatic heterocycles. The van der Waals surface area contributed by atoms with Gasteiger partial charge < -0.3 is 14.4 Å². The van der Waals surface area contributed by atoms with Gasteiger partial charge in [-0.1, -0.05) is 3.89 Å². The maximum absolute atomic E-state index is 12.7. The number of hydrogen-bond acceptors (Lipinski definition) is 5. The highest BCUT2D eigenvalue weighted by Crippen LogP contribution is 2.26. The molecule has 2 rings (SSSR count). The summed E-state index contributed by atoms with van der Waals surface area (Å²) in [6.07, 6.45) is 5.58. The second kappa shape index (κ2) is 6.11. The van der Waals surface area contributed by atoms with Crippen LogP contribution in [0.5, 0.6) is 5.75 Å². The molecule has 1 N–H and O–H groups in total. The molecule has 0 unspecified atom stereocenters. The lowest BCUT2D eigenvalue weighted by molar-refractivity contribution is 0.440. The van der Waals surface area contributed by atoms with E-state index in [9.17, 15) is 12.3 Å². The summed E-state index contributed by atoms with van der Waals surface area (Å²) in [5.41, 5.74) is 1.49. The Morgan fingerprint density at radius 2 is 2.05 bits per heavy atom. The van der Waals surface area contributed by atoms with E-state index in [2.05, 4.69) is 20.3 Å². The molecule has 0 saturated carbocycles. The first-order valence-electron chi connectivity index (χ1n) is 6.15. The topological polar surface area (TPSA) is 58.6 Å². The highest BCUT2D eigenvalue weighted by Gasteiger charge is 2.15. The summed E-state index contributed by atoms with van der Waals surface area (Å²) < 4.78 is 38.2. The van der Waals surface area contributed by atoms with E-state index in [-0.39, 0.29) is 5.75 Å². The molecule has 5 nitrogen and oxygen atoms in total. The molecule has 7 heteroatoms. The maximum atomic E-state index is 12.7. The predicted octanol–water partition coefficient (Wildman–Crippen LogP) is 0.865. The lowest BCUT2D eigenvalue weighted by Gasteiger charge is -2.30. The van der Waals surface area contributed by atoms with Gasteiger partial charge in [-0.3, -0.25) is 0 Å². The number of halogens is 1. The van der Waals surface area contributed by atoms with Crippen molar-refractivity contribution in [3.05, 3.63) is 23.8 Å². The van der Waals surface area contributed by atoms with Crippen molar-refractivity contribution in [3.8, 4) is 18.1 Å². The van der Waals surface area contributed by atoms with E-state index in [4.69, 9.17) is 6.42 Å². The van der Waals surface area contributed by atoms with Crippen LogP contribution in [0.25, 0.3) is 0 Å². The molecule has 0 atom stereocenters. The van der Waals surface area contributed by atoms with E-state index in [0.717, 1.165) is 31.9 Å². The number of nitrogens with one attached hydrogen (secondary N) is 1. The number of benzene rings is 1. The predicted molar refractivity (Wildman–Crippen MR) is 74.7 cm³/mol. The van der Waals surface area contributed by atoms with Gasteiger partial charge >= 0.3 is 10.5 Å². The van der Waals surface area contributed by atoms with Crippen LogP contribution >= 0.6 is 0 Å². The zero-order valence-corrected chi connectivity index (χ0v) is 11.6. The van der Waals surface area contributed by atoms with E-state index < -0.39 is 10.5 Å². The molecule has 0 bridgehead atoms. The van der Waals surface area contributed by atoms with Gasteiger partial charge in [0.25, 0.3) is 0 Å². The lowest BCUT2D eigenvalue weighted by atomic mass is 10.1. The molecule has 0 aromatic heterocycles. The Morgan fingerprint density at radius 1 is 1.35 bits per heavy atom. The SMILES string of the molecule is C#CCc1cc(OS(=O)(=O)F)cc(N2CCNCC2)c1. The lowest BCUT2D eigenvalue weighted by Crippen LogP contribution is -2.43. The molecular formula is C13H15FN2O3S. The van der Waals surface area contributed by atoms with Crippen LogP contribution in [-0.4, -0.2) is 34.6 Å². The van der Waals surface area contributed by atoms with Gasteiger partial charge in [0.1, 0.15) is 5.75 Å². The highest BCUT2D eigenvalue weighted by molar-refractivity contribution is 7.81. The molecule has 1 aliphatic rings. The molecule has 20 heavy (non-hydrogen) atoms. The fourth-order valence-corrected chi connectivity index (χ4v) is 2.46. The standard InChI is InChI=1S/C13H15FN2O3S/c1-2-3-11-8-12(16-6-4-15-5-7-16)10-13(9-11)19-20(14,17)18/h1,8-10,15H,3-7H2. The smallest absolute Gasteiger partial charge is 0.369 e. The van der Waals surface area contributed by atoms with Gasteiger partial charge in [0.05, 0.1) is 0 Å². The van der Waals surface area contributed by atoms with Gasteiger partial charge in [0, 0.05) is 44.4 Å². The van der Waals surface area contributed by atoms with Crippen LogP contribution in [0.3, 0.4) is 0 Å². The third-order valence-electron chi connectivity index (χ3n) is 2.94. The summed E-state index contributed by atoms with van der Waals surface area (Å²) >= 11 is 0. The normalized spacial score (nSPS) is 15.7. The van der Waals surface area contributed by atoms with Gasteiger partial charge in [0.2, 0.25) is 0 Å². The molecule has 1 saturated heterocycles. The second-order valence-electron chi connectivity index (χ2n) is 4.43. The third kappa shape index (κ3) is 4.11. The fraction of sp³-hybridized carbons (Fsp3) is 0.385. The van der Waals surface area contributed by atoms with Gasteiger partial charge in [0.15, 0.2) is 0 Å². The van der Waals surface area contributed by atoms with Crippen molar-refractivity contribution in [2.45, 2.75) is 6.42 Å². The van der Waals surface area contributed by atoms with Crippen LogP contribution in [0.4, 0.5) is 9.57 Å². The van der Waals surface area contributed by atoms with Crippen molar-refractivity contribution in [2.75, 3.05) is 31.1 Å². The van der Waals surface area contributed by atoms with Gasteiger partial charge in [-0.25, -0.2) is 0 Å². The van der Waals surface area contributed by atoms with Crippen LogP contribution in [0.2, 0.25) is 0 Å². The van der Waals surface area contributed by atoms with Crippen molar-refractivity contribution < 1.29 is 16.5 Å². The Kier molecular flexibility index (Phi) is 4.47. The summed E-state index contributed by atoms with van der Waals surface area (Å²) in [6, 6.07) is 4.80. The Labute approximate surface area is 118 Å². The number of anilines is 1. The first-order valence-corrected chi connectivity index (χ1v) is 7.46. The first kappa shape index (κ1) is 14.6. The van der Waals surface area contributed by atoms with Crippen LogP contribution in [-0.2, 0) is 16.9 Å². The average Bonchev–Trinajstić information content (AvgIpc) is 2.38. The average molecular weight is 298 g/mol. The molecule has 1 aromatic carbocycles. The largest absolute Gasteiger partial charge is 0.488 e. The summed E-state index contributed by atoms with van der Waals surface area (Å²) in [7, 11) is -5.04. The minimum Gasteiger partial charge on any atom is -0.369 e. The van der Waals surface area contributed by atoms with Crippen molar-refractivity contribution >= 4 is 16.2 Å². The summed E-state index contributed by atoms with van der Waals surface area (Å²) in [5.74, 6) is 2.41. The molecular weight excluding hydrogens is 283 g/mol. The van der Waals surface area contributed by atoms with E-state index in [1.165, 1.54) is 12.1 Å². The number of hydrogen-bond donors (Lipinski definition) is 1. The van der Waals surface area contributed by atoms with Crippen LogP contribution in [0.1, 0.15) is 5.56 Å². The number of terminal acetylenes is 1. The molecule has 1 aromatic rings. The second-order valence-corrected chi connectivity index (χ2v) is 5.38. The fourth-order valence-electron chi connectivity index (χ4n) is 2.13. The number of nitrogens with zero attached hydrogens (tertiary/aromatic N) is 1. The monoisotopic (exact) mass is 298 g/mol. The molecule has 108 valence electrons. The Bertz CT molecular complexity index is 619. The van der Waals surface area contributed by atoms with Crippen LogP contribution in [0, 0.1) is 12.3 Å². The zero-order chi connectivity index (χ0) is 14.6. The molecule has 0 amide bonds. The summed E-state index contributed by atoms with van der Waals surface area (Å²) in [6.45, 7) is 3.22. The van der Waals surface area contributed by atoms with Crippen molar-refractivity contribution in [1.82, 2.24) is 5.32 Å². The first-order chi connectivity index (χ1) is 9.48. The minimum atomic E-state index is -5.04.